The van der Waals surface area contributed by atoms with Gasteiger partial charge >= 0.3 is 0 Å². The van der Waals surface area contributed by atoms with Crippen LogP contribution in [0.1, 0.15) is 6.42 Å². The fourth-order valence-corrected chi connectivity index (χ4v) is 1.23. The molecule has 12 heavy (non-hydrogen) atoms. The van der Waals surface area contributed by atoms with E-state index in [2.05, 4.69) is 0 Å². The summed E-state index contributed by atoms with van der Waals surface area (Å²) in [4.78, 5) is 0. The third-order valence-electron chi connectivity index (χ3n) is 1.94. The van der Waals surface area contributed by atoms with Gasteiger partial charge in [0.15, 0.2) is 6.29 Å². The van der Waals surface area contributed by atoms with Crippen molar-refractivity contribution in [2.45, 2.75) is 31.0 Å². The summed E-state index contributed by atoms with van der Waals surface area (Å²) in [6.07, 6.45) is -2.98. The first-order valence-corrected chi connectivity index (χ1v) is 3.84. The topological polar surface area (TPSA) is 79.2 Å². The maximum Gasteiger partial charge on any atom is 0.186 e. The van der Waals surface area contributed by atoms with Crippen LogP contribution in [0.15, 0.2) is 0 Å². The number of ether oxygens (including phenoxy) is 2. The molecule has 0 bridgehead atoms. The molecule has 72 valence electrons. The van der Waals surface area contributed by atoms with Gasteiger partial charge in [-0.2, -0.15) is 0 Å². The second-order valence-corrected chi connectivity index (χ2v) is 2.84. The summed E-state index contributed by atoms with van der Waals surface area (Å²) in [6.45, 7) is -0.177. The zero-order chi connectivity index (χ0) is 9.14. The summed E-state index contributed by atoms with van der Waals surface area (Å²) >= 11 is 0. The van der Waals surface area contributed by atoms with Gasteiger partial charge in [-0.25, -0.2) is 0 Å². The molecule has 0 aromatic rings. The van der Waals surface area contributed by atoms with Crippen molar-refractivity contribution in [3.05, 3.63) is 0 Å². The first kappa shape index (κ1) is 9.88. The number of aliphatic hydroxyl groups excluding tert-OH is 3. The lowest BCUT2D eigenvalue weighted by Gasteiger charge is -2.35. The maximum atomic E-state index is 9.27. The van der Waals surface area contributed by atoms with Crippen molar-refractivity contribution in [1.29, 1.82) is 0 Å². The van der Waals surface area contributed by atoms with Crippen LogP contribution < -0.4 is 0 Å². The highest BCUT2D eigenvalue weighted by molar-refractivity contribution is 4.80. The third kappa shape index (κ3) is 1.94. The van der Waals surface area contributed by atoms with Crippen molar-refractivity contribution < 1.29 is 24.8 Å². The van der Waals surface area contributed by atoms with Crippen LogP contribution in [-0.4, -0.2) is 53.6 Å². The Morgan fingerprint density at radius 2 is 2.17 bits per heavy atom. The van der Waals surface area contributed by atoms with Crippen LogP contribution in [0.25, 0.3) is 0 Å². The molecule has 1 saturated heterocycles. The molecule has 0 radical (unpaired) electrons. The summed E-state index contributed by atoms with van der Waals surface area (Å²) in [5, 5.41) is 27.3. The quantitative estimate of drug-likeness (QED) is 0.477. The standard InChI is InChI=1S/C7H14O5/c1-11-7-6(10)5(9)2-4(3-8)12-7/h4-10H,2-3H2,1H3/t4-,5-,6+,7-/m0/s1. The summed E-state index contributed by atoms with van der Waals surface area (Å²) in [5.41, 5.74) is 0. The Labute approximate surface area is 70.5 Å². The lowest BCUT2D eigenvalue weighted by Crippen LogP contribution is -2.49. The number of rotatable bonds is 2. The first-order valence-electron chi connectivity index (χ1n) is 3.84. The number of aliphatic hydroxyl groups is 3. The molecular formula is C7H14O5. The minimum atomic E-state index is -1.03. The van der Waals surface area contributed by atoms with Crippen LogP contribution in [0.4, 0.5) is 0 Å². The normalized spacial score (nSPS) is 43.0. The van der Waals surface area contributed by atoms with Crippen LogP contribution in [0.5, 0.6) is 0 Å². The second kappa shape index (κ2) is 4.15. The average Bonchev–Trinajstić information content (AvgIpc) is 2.09. The van der Waals surface area contributed by atoms with Gasteiger partial charge in [0, 0.05) is 13.5 Å². The van der Waals surface area contributed by atoms with E-state index in [9.17, 15) is 10.2 Å². The number of methoxy groups -OCH3 is 1. The van der Waals surface area contributed by atoms with E-state index in [-0.39, 0.29) is 13.0 Å². The van der Waals surface area contributed by atoms with E-state index in [4.69, 9.17) is 14.6 Å². The van der Waals surface area contributed by atoms with Crippen molar-refractivity contribution in [1.82, 2.24) is 0 Å². The van der Waals surface area contributed by atoms with E-state index < -0.39 is 24.6 Å². The second-order valence-electron chi connectivity index (χ2n) is 2.84. The van der Waals surface area contributed by atoms with Crippen molar-refractivity contribution >= 4 is 0 Å². The Balaban J connectivity index is 2.52. The average molecular weight is 178 g/mol. The Bertz CT molecular complexity index is 140. The molecule has 0 aromatic carbocycles. The van der Waals surface area contributed by atoms with Crippen molar-refractivity contribution in [2.75, 3.05) is 13.7 Å². The van der Waals surface area contributed by atoms with Crippen molar-refractivity contribution in [2.24, 2.45) is 0 Å². The van der Waals surface area contributed by atoms with Gasteiger partial charge in [-0.05, 0) is 0 Å². The Morgan fingerprint density at radius 1 is 1.50 bits per heavy atom. The number of hydrogen-bond acceptors (Lipinski definition) is 5. The SMILES string of the molecule is CO[C@H]1O[C@H](CO)C[C@H](O)[C@H]1O. The molecule has 0 unspecified atom stereocenters. The first-order chi connectivity index (χ1) is 5.69. The molecule has 0 aromatic heterocycles. The molecule has 0 saturated carbocycles. The Morgan fingerprint density at radius 3 is 2.67 bits per heavy atom. The summed E-state index contributed by atoms with van der Waals surface area (Å²) in [7, 11) is 1.38. The van der Waals surface area contributed by atoms with Gasteiger partial charge in [0.1, 0.15) is 6.10 Å². The molecule has 0 amide bonds. The monoisotopic (exact) mass is 178 g/mol. The highest BCUT2D eigenvalue weighted by atomic mass is 16.7. The van der Waals surface area contributed by atoms with Gasteiger partial charge in [-0.3, -0.25) is 0 Å². The summed E-state index contributed by atoms with van der Waals surface area (Å²) in [6, 6.07) is 0. The molecule has 1 fully saturated rings. The number of hydrogen-bond donors (Lipinski definition) is 3. The zero-order valence-electron chi connectivity index (χ0n) is 6.88. The van der Waals surface area contributed by atoms with E-state index in [1.165, 1.54) is 7.11 Å². The van der Waals surface area contributed by atoms with Crippen LogP contribution in [0.3, 0.4) is 0 Å². The minimum absolute atomic E-state index is 0.177. The van der Waals surface area contributed by atoms with Crippen LogP contribution >= 0.6 is 0 Å². The molecule has 1 rings (SSSR count). The van der Waals surface area contributed by atoms with E-state index >= 15 is 0 Å². The molecule has 1 aliphatic rings. The van der Waals surface area contributed by atoms with Crippen molar-refractivity contribution in [3.63, 3.8) is 0 Å². The van der Waals surface area contributed by atoms with Gasteiger partial charge in [0.25, 0.3) is 0 Å². The third-order valence-corrected chi connectivity index (χ3v) is 1.94. The molecule has 0 spiro atoms. The van der Waals surface area contributed by atoms with E-state index in [1.807, 2.05) is 0 Å². The van der Waals surface area contributed by atoms with Crippen molar-refractivity contribution in [3.8, 4) is 0 Å². The summed E-state index contributed by atoms with van der Waals surface area (Å²) in [5.74, 6) is 0. The van der Waals surface area contributed by atoms with Gasteiger partial charge in [-0.15, -0.1) is 0 Å². The van der Waals surface area contributed by atoms with Crippen LogP contribution in [-0.2, 0) is 9.47 Å². The van der Waals surface area contributed by atoms with E-state index in [0.717, 1.165) is 0 Å². The maximum absolute atomic E-state index is 9.27. The largest absolute Gasteiger partial charge is 0.394 e. The van der Waals surface area contributed by atoms with Crippen LogP contribution in [0.2, 0.25) is 0 Å². The predicted molar refractivity (Wildman–Crippen MR) is 39.4 cm³/mol. The Kier molecular flexibility index (Phi) is 3.42. The van der Waals surface area contributed by atoms with Gasteiger partial charge < -0.3 is 24.8 Å². The van der Waals surface area contributed by atoms with E-state index in [1.54, 1.807) is 0 Å². The lowest BCUT2D eigenvalue weighted by molar-refractivity contribution is -0.262. The van der Waals surface area contributed by atoms with Gasteiger partial charge in [0.2, 0.25) is 0 Å². The van der Waals surface area contributed by atoms with Gasteiger partial charge in [-0.1, -0.05) is 0 Å². The summed E-state index contributed by atoms with van der Waals surface area (Å²) < 4.78 is 9.85. The fourth-order valence-electron chi connectivity index (χ4n) is 1.23. The molecular weight excluding hydrogens is 164 g/mol. The molecule has 5 heteroatoms. The molecule has 1 aliphatic heterocycles. The Hall–Kier alpha value is -0.200. The fraction of sp³-hybridized carbons (Fsp3) is 1.00. The zero-order valence-corrected chi connectivity index (χ0v) is 6.88. The molecule has 3 N–H and O–H groups in total. The predicted octanol–water partition coefficient (Wildman–Crippen LogP) is -1.54. The lowest BCUT2D eigenvalue weighted by atomic mass is 10.0. The molecule has 4 atom stereocenters. The molecule has 0 aliphatic carbocycles. The smallest absolute Gasteiger partial charge is 0.186 e. The molecule has 5 nitrogen and oxygen atoms in total. The molecule has 1 heterocycles. The van der Waals surface area contributed by atoms with E-state index in [0.29, 0.717) is 0 Å². The van der Waals surface area contributed by atoms with Gasteiger partial charge in [0.05, 0.1) is 18.8 Å². The highest BCUT2D eigenvalue weighted by Gasteiger charge is 2.36. The minimum Gasteiger partial charge on any atom is -0.394 e. The highest BCUT2D eigenvalue weighted by Crippen LogP contribution is 2.20. The van der Waals surface area contributed by atoms with Crippen LogP contribution in [0, 0.1) is 0 Å².